The molecule has 0 heterocycles. The fourth-order valence-electron chi connectivity index (χ4n) is 2.47. The van der Waals surface area contributed by atoms with Crippen molar-refractivity contribution in [3.05, 3.63) is 26.6 Å². The third-order valence-electron chi connectivity index (χ3n) is 3.90. The van der Waals surface area contributed by atoms with Gasteiger partial charge in [-0.25, -0.2) is 8.42 Å². The van der Waals surface area contributed by atoms with Crippen molar-refractivity contribution in [1.29, 1.82) is 0 Å². The van der Waals surface area contributed by atoms with E-state index in [1.54, 1.807) is 19.2 Å². The third-order valence-corrected chi connectivity index (χ3v) is 7.62. The molecule has 0 N–H and O–H groups in total. The molecule has 21 heavy (non-hydrogen) atoms. The van der Waals surface area contributed by atoms with Crippen LogP contribution in [0.3, 0.4) is 0 Å². The number of hydrogen-bond donors (Lipinski definition) is 0. The summed E-state index contributed by atoms with van der Waals surface area (Å²) in [6.07, 6.45) is 2.12. The van der Waals surface area contributed by atoms with Crippen LogP contribution >= 0.6 is 31.9 Å². The van der Waals surface area contributed by atoms with E-state index in [4.69, 9.17) is 0 Å². The first-order chi connectivity index (χ1) is 9.73. The second kappa shape index (κ2) is 6.48. The summed E-state index contributed by atoms with van der Waals surface area (Å²) < 4.78 is 28.3. The number of carbonyl (C=O) groups is 1. The van der Waals surface area contributed by atoms with E-state index < -0.39 is 10.0 Å². The number of rotatable bonds is 3. The van der Waals surface area contributed by atoms with Crippen LogP contribution in [0.4, 0.5) is 0 Å². The maximum atomic E-state index is 12.8. The summed E-state index contributed by atoms with van der Waals surface area (Å²) in [7, 11) is -1.99. The minimum atomic E-state index is -3.58. The van der Waals surface area contributed by atoms with Crippen LogP contribution in [0.25, 0.3) is 0 Å². The summed E-state index contributed by atoms with van der Waals surface area (Å²) in [6.45, 7) is 1.90. The van der Waals surface area contributed by atoms with Gasteiger partial charge in [-0.15, -0.1) is 0 Å². The average Bonchev–Trinajstić information content (AvgIpc) is 2.42. The molecule has 0 radical (unpaired) electrons. The predicted octanol–water partition coefficient (Wildman–Crippen LogP) is 3.65. The second-order valence-corrected chi connectivity index (χ2v) is 9.00. The Morgan fingerprint density at radius 1 is 1.14 bits per heavy atom. The quantitative estimate of drug-likeness (QED) is 0.723. The standard InChI is InChI=1S/C14H17Br2NO3S/c1-9-7-13(16)14(8-12(9)15)21(19,20)17(2)10-3-5-11(18)6-4-10/h7-8,10H,3-6H2,1-2H3. The monoisotopic (exact) mass is 437 g/mol. The van der Waals surface area contributed by atoms with Gasteiger partial charge in [0, 0.05) is 34.9 Å². The highest BCUT2D eigenvalue weighted by atomic mass is 79.9. The number of sulfonamides is 1. The van der Waals surface area contributed by atoms with Crippen molar-refractivity contribution in [1.82, 2.24) is 4.31 Å². The molecule has 2 rings (SSSR count). The van der Waals surface area contributed by atoms with E-state index in [0.29, 0.717) is 30.2 Å². The Balaban J connectivity index is 2.33. The van der Waals surface area contributed by atoms with E-state index in [2.05, 4.69) is 31.9 Å². The minimum absolute atomic E-state index is 0.111. The number of nitrogens with zero attached hydrogens (tertiary/aromatic N) is 1. The van der Waals surface area contributed by atoms with E-state index in [1.807, 2.05) is 6.92 Å². The molecule has 4 nitrogen and oxygen atoms in total. The van der Waals surface area contributed by atoms with Gasteiger partial charge >= 0.3 is 0 Å². The van der Waals surface area contributed by atoms with Crippen LogP contribution in [-0.2, 0) is 14.8 Å². The van der Waals surface area contributed by atoms with E-state index in [0.717, 1.165) is 10.0 Å². The molecule has 0 aliphatic heterocycles. The molecule has 0 amide bonds. The Morgan fingerprint density at radius 2 is 1.71 bits per heavy atom. The van der Waals surface area contributed by atoms with E-state index in [-0.39, 0.29) is 16.7 Å². The fraction of sp³-hybridized carbons (Fsp3) is 0.500. The molecule has 0 atom stereocenters. The fourth-order valence-corrected chi connectivity index (χ4v) is 5.52. The summed E-state index contributed by atoms with van der Waals surface area (Å²) in [4.78, 5) is 11.6. The molecule has 0 unspecified atom stereocenters. The van der Waals surface area contributed by atoms with Gasteiger partial charge in [0.05, 0.1) is 4.90 Å². The molecule has 1 fully saturated rings. The molecule has 0 bridgehead atoms. The maximum Gasteiger partial charge on any atom is 0.244 e. The Morgan fingerprint density at radius 3 is 2.29 bits per heavy atom. The van der Waals surface area contributed by atoms with Gasteiger partial charge < -0.3 is 0 Å². The number of hydrogen-bond acceptors (Lipinski definition) is 3. The predicted molar refractivity (Wildman–Crippen MR) is 88.8 cm³/mol. The minimum Gasteiger partial charge on any atom is -0.300 e. The van der Waals surface area contributed by atoms with Crippen LogP contribution < -0.4 is 0 Å². The van der Waals surface area contributed by atoms with Crippen LogP contribution in [0.1, 0.15) is 31.2 Å². The molecular weight excluding hydrogens is 422 g/mol. The lowest BCUT2D eigenvalue weighted by Gasteiger charge is -2.30. The lowest BCUT2D eigenvalue weighted by atomic mass is 9.95. The number of halogens is 2. The number of benzene rings is 1. The lowest BCUT2D eigenvalue weighted by Crippen LogP contribution is -2.39. The van der Waals surface area contributed by atoms with Crippen molar-refractivity contribution in [2.45, 2.75) is 43.5 Å². The van der Waals surface area contributed by atoms with Gasteiger partial charge in [-0.2, -0.15) is 4.31 Å². The Kier molecular flexibility index (Phi) is 5.28. The van der Waals surface area contributed by atoms with Gasteiger partial charge in [0.2, 0.25) is 10.0 Å². The van der Waals surface area contributed by atoms with Gasteiger partial charge in [0.15, 0.2) is 0 Å². The molecule has 1 aliphatic carbocycles. The number of Topliss-reactive ketones (excluding diaryl/α,β-unsaturated/α-hetero) is 1. The number of aryl methyl sites for hydroxylation is 1. The van der Waals surface area contributed by atoms with Crippen LogP contribution in [0.15, 0.2) is 26.0 Å². The van der Waals surface area contributed by atoms with Crippen molar-refractivity contribution in [2.24, 2.45) is 0 Å². The molecule has 1 aromatic rings. The zero-order chi connectivity index (χ0) is 15.8. The highest BCUT2D eigenvalue weighted by Crippen LogP contribution is 2.32. The Bertz CT molecular complexity index is 663. The van der Waals surface area contributed by atoms with Crippen molar-refractivity contribution >= 4 is 47.7 Å². The van der Waals surface area contributed by atoms with Crippen LogP contribution in [0, 0.1) is 6.92 Å². The van der Waals surface area contributed by atoms with Crippen molar-refractivity contribution < 1.29 is 13.2 Å². The smallest absolute Gasteiger partial charge is 0.244 e. The van der Waals surface area contributed by atoms with Crippen molar-refractivity contribution in [3.8, 4) is 0 Å². The Labute approximate surface area is 142 Å². The average molecular weight is 439 g/mol. The maximum absolute atomic E-state index is 12.8. The zero-order valence-corrected chi connectivity index (χ0v) is 15.9. The summed E-state index contributed by atoms with van der Waals surface area (Å²) >= 11 is 6.72. The SMILES string of the molecule is Cc1cc(Br)c(S(=O)(=O)N(C)C2CCC(=O)CC2)cc1Br. The summed E-state index contributed by atoms with van der Waals surface area (Å²) in [5.74, 6) is 0.219. The normalized spacial score (nSPS) is 17.5. The lowest BCUT2D eigenvalue weighted by molar-refractivity contribution is -0.120. The van der Waals surface area contributed by atoms with Crippen molar-refractivity contribution in [2.75, 3.05) is 7.05 Å². The molecule has 1 aliphatic rings. The molecule has 0 saturated heterocycles. The van der Waals surface area contributed by atoms with Gasteiger partial charge in [0.1, 0.15) is 5.78 Å². The van der Waals surface area contributed by atoms with Crippen LogP contribution in [0.5, 0.6) is 0 Å². The molecule has 7 heteroatoms. The number of ketones is 1. The highest BCUT2D eigenvalue weighted by Gasteiger charge is 2.32. The number of carbonyl (C=O) groups excluding carboxylic acids is 1. The molecular formula is C14H17Br2NO3S. The third kappa shape index (κ3) is 3.57. The first kappa shape index (κ1) is 17.1. The zero-order valence-electron chi connectivity index (χ0n) is 11.9. The van der Waals surface area contributed by atoms with E-state index >= 15 is 0 Å². The topological polar surface area (TPSA) is 54.5 Å². The molecule has 1 aromatic carbocycles. The van der Waals surface area contributed by atoms with Crippen LogP contribution in [-0.4, -0.2) is 31.6 Å². The van der Waals surface area contributed by atoms with Crippen LogP contribution in [0.2, 0.25) is 0 Å². The molecule has 116 valence electrons. The van der Waals surface area contributed by atoms with Gasteiger partial charge in [-0.05, 0) is 53.4 Å². The van der Waals surface area contributed by atoms with Crippen molar-refractivity contribution in [3.63, 3.8) is 0 Å². The molecule has 1 saturated carbocycles. The first-order valence-corrected chi connectivity index (χ1v) is 9.71. The van der Waals surface area contributed by atoms with Gasteiger partial charge in [-0.3, -0.25) is 4.79 Å². The van der Waals surface area contributed by atoms with E-state index in [9.17, 15) is 13.2 Å². The van der Waals surface area contributed by atoms with Gasteiger partial charge in [-0.1, -0.05) is 15.9 Å². The first-order valence-electron chi connectivity index (χ1n) is 6.69. The second-order valence-electron chi connectivity index (χ2n) is 5.32. The van der Waals surface area contributed by atoms with Gasteiger partial charge in [0.25, 0.3) is 0 Å². The molecule has 0 spiro atoms. The summed E-state index contributed by atoms with van der Waals surface area (Å²) in [5.41, 5.74) is 0.965. The largest absolute Gasteiger partial charge is 0.300 e. The highest BCUT2D eigenvalue weighted by molar-refractivity contribution is 9.11. The summed E-state index contributed by atoms with van der Waals surface area (Å²) in [6, 6.07) is 3.30. The molecule has 0 aromatic heterocycles. The Hall–Kier alpha value is -0.240. The summed E-state index contributed by atoms with van der Waals surface area (Å²) in [5, 5.41) is 0. The van der Waals surface area contributed by atoms with E-state index in [1.165, 1.54) is 4.31 Å².